The molecule has 0 radical (unpaired) electrons. The van der Waals surface area contributed by atoms with E-state index in [4.69, 9.17) is 9.26 Å². The topological polar surface area (TPSA) is 71.7 Å². The van der Waals surface area contributed by atoms with Crippen LogP contribution in [0.5, 0.6) is 0 Å². The second-order valence-corrected chi connectivity index (χ2v) is 4.18. The summed E-state index contributed by atoms with van der Waals surface area (Å²) in [6.45, 7) is 8.83. The zero-order valence-corrected chi connectivity index (χ0v) is 12.2. The lowest BCUT2D eigenvalue weighted by molar-refractivity contribution is 0.152. The Morgan fingerprint density at radius 3 is 2.63 bits per heavy atom. The van der Waals surface area contributed by atoms with Crippen LogP contribution in [0, 0.1) is 13.8 Å². The summed E-state index contributed by atoms with van der Waals surface area (Å²) in [6, 6.07) is 0. The van der Waals surface area contributed by atoms with Crippen LogP contribution >= 0.6 is 0 Å². The van der Waals surface area contributed by atoms with Gasteiger partial charge in [-0.1, -0.05) is 5.16 Å². The molecule has 0 aliphatic rings. The van der Waals surface area contributed by atoms with Crippen molar-refractivity contribution in [1.29, 1.82) is 0 Å². The minimum absolute atomic E-state index is 0.682. The highest BCUT2D eigenvalue weighted by molar-refractivity contribution is 5.79. The van der Waals surface area contributed by atoms with Crippen LogP contribution in [0.25, 0.3) is 0 Å². The van der Waals surface area contributed by atoms with Crippen molar-refractivity contribution in [2.75, 3.05) is 33.4 Å². The van der Waals surface area contributed by atoms with Crippen molar-refractivity contribution < 1.29 is 9.26 Å². The van der Waals surface area contributed by atoms with Gasteiger partial charge in [0.25, 0.3) is 0 Å². The highest BCUT2D eigenvalue weighted by Gasteiger charge is 2.08. The molecule has 108 valence electrons. The van der Waals surface area contributed by atoms with Crippen molar-refractivity contribution in [2.45, 2.75) is 27.2 Å². The first kappa shape index (κ1) is 15.5. The van der Waals surface area contributed by atoms with E-state index < -0.39 is 0 Å². The molecule has 19 heavy (non-hydrogen) atoms. The zero-order chi connectivity index (χ0) is 14.1. The minimum atomic E-state index is 0.682. The molecule has 0 fully saturated rings. The molecule has 0 unspecified atom stereocenters. The number of aryl methyl sites for hydroxylation is 2. The molecule has 0 atom stereocenters. The molecule has 0 bridgehead atoms. The Kier molecular flexibility index (Phi) is 6.95. The molecule has 0 saturated carbocycles. The molecule has 1 rings (SSSR count). The van der Waals surface area contributed by atoms with Gasteiger partial charge in [-0.15, -0.1) is 0 Å². The summed E-state index contributed by atoms with van der Waals surface area (Å²) in [5.74, 6) is 1.67. The number of rotatable bonds is 7. The van der Waals surface area contributed by atoms with Gasteiger partial charge in [-0.25, -0.2) is 0 Å². The summed E-state index contributed by atoms with van der Waals surface area (Å²) in [4.78, 5) is 4.15. The van der Waals surface area contributed by atoms with Crippen LogP contribution in [-0.4, -0.2) is 44.5 Å². The molecule has 2 N–H and O–H groups in total. The average Bonchev–Trinajstić information content (AvgIpc) is 2.73. The maximum atomic E-state index is 5.26. The van der Waals surface area contributed by atoms with Crippen LogP contribution in [0.4, 0.5) is 0 Å². The van der Waals surface area contributed by atoms with Crippen molar-refractivity contribution in [3.8, 4) is 0 Å². The number of aromatic nitrogens is 1. The van der Waals surface area contributed by atoms with E-state index in [0.717, 1.165) is 49.1 Å². The number of nitrogens with one attached hydrogen (secondary N) is 2. The largest absolute Gasteiger partial charge is 0.380 e. The van der Waals surface area contributed by atoms with Crippen molar-refractivity contribution in [3.05, 3.63) is 17.0 Å². The van der Waals surface area contributed by atoms with Crippen LogP contribution in [0.1, 0.15) is 23.9 Å². The second-order valence-electron chi connectivity index (χ2n) is 4.18. The maximum absolute atomic E-state index is 5.26. The normalized spacial score (nSPS) is 11.7. The third kappa shape index (κ3) is 5.30. The summed E-state index contributed by atoms with van der Waals surface area (Å²) in [5, 5.41) is 10.4. The summed E-state index contributed by atoms with van der Waals surface area (Å²) in [6.07, 6.45) is 0.868. The fourth-order valence-electron chi connectivity index (χ4n) is 1.77. The Morgan fingerprint density at radius 1 is 1.32 bits per heavy atom. The van der Waals surface area contributed by atoms with Gasteiger partial charge in [0.15, 0.2) is 5.96 Å². The Labute approximate surface area is 114 Å². The number of hydrogen-bond donors (Lipinski definition) is 2. The van der Waals surface area contributed by atoms with Crippen LogP contribution in [0.15, 0.2) is 9.52 Å². The maximum Gasteiger partial charge on any atom is 0.191 e. The molecule has 0 aromatic carbocycles. The number of guanidine groups is 1. The Bertz CT molecular complexity index is 382. The molecular formula is C13H24N4O2. The number of nitrogens with zero attached hydrogens (tertiary/aromatic N) is 2. The summed E-state index contributed by atoms with van der Waals surface area (Å²) in [5.41, 5.74) is 2.12. The number of aliphatic imine (C=N–C) groups is 1. The van der Waals surface area contributed by atoms with E-state index in [1.54, 1.807) is 7.05 Å². The average molecular weight is 268 g/mol. The van der Waals surface area contributed by atoms with Gasteiger partial charge in [-0.3, -0.25) is 4.99 Å². The van der Waals surface area contributed by atoms with Gasteiger partial charge < -0.3 is 19.9 Å². The highest BCUT2D eigenvalue weighted by atomic mass is 16.5. The molecule has 1 aromatic rings. The Morgan fingerprint density at radius 2 is 2.05 bits per heavy atom. The monoisotopic (exact) mass is 268 g/mol. The summed E-state index contributed by atoms with van der Waals surface area (Å²) >= 11 is 0. The standard InChI is InChI=1S/C13H24N4O2/c1-5-18-9-8-16-13(14-4)15-7-6-12-10(2)17-19-11(12)3/h5-9H2,1-4H3,(H2,14,15,16). The molecular weight excluding hydrogens is 244 g/mol. The minimum Gasteiger partial charge on any atom is -0.380 e. The smallest absolute Gasteiger partial charge is 0.191 e. The number of hydrogen-bond acceptors (Lipinski definition) is 4. The van der Waals surface area contributed by atoms with Crippen molar-refractivity contribution in [1.82, 2.24) is 15.8 Å². The molecule has 0 spiro atoms. The Hall–Kier alpha value is -1.56. The van der Waals surface area contributed by atoms with Crippen LogP contribution in [0.3, 0.4) is 0 Å². The van der Waals surface area contributed by atoms with Crippen molar-refractivity contribution in [3.63, 3.8) is 0 Å². The third-order valence-corrected chi connectivity index (χ3v) is 2.82. The van der Waals surface area contributed by atoms with E-state index >= 15 is 0 Å². The zero-order valence-electron chi connectivity index (χ0n) is 12.2. The fraction of sp³-hybridized carbons (Fsp3) is 0.692. The van der Waals surface area contributed by atoms with Gasteiger partial charge in [0.2, 0.25) is 0 Å². The van der Waals surface area contributed by atoms with E-state index in [-0.39, 0.29) is 0 Å². The molecule has 1 aromatic heterocycles. The molecule has 1 heterocycles. The lowest BCUT2D eigenvalue weighted by atomic mass is 10.1. The van der Waals surface area contributed by atoms with Crippen LogP contribution in [0.2, 0.25) is 0 Å². The van der Waals surface area contributed by atoms with Crippen molar-refractivity contribution >= 4 is 5.96 Å². The fourth-order valence-corrected chi connectivity index (χ4v) is 1.77. The second kappa shape index (κ2) is 8.53. The van der Waals surface area contributed by atoms with Gasteiger partial charge in [-0.2, -0.15) is 0 Å². The molecule has 0 aliphatic heterocycles. The molecule has 0 saturated heterocycles. The van der Waals surface area contributed by atoms with E-state index in [9.17, 15) is 0 Å². The Balaban J connectivity index is 2.27. The van der Waals surface area contributed by atoms with Crippen LogP contribution < -0.4 is 10.6 Å². The SMILES string of the molecule is CCOCCNC(=NC)NCCc1c(C)noc1C. The lowest BCUT2D eigenvalue weighted by Crippen LogP contribution is -2.39. The predicted molar refractivity (Wildman–Crippen MR) is 75.5 cm³/mol. The number of ether oxygens (including phenoxy) is 1. The van der Waals surface area contributed by atoms with Gasteiger partial charge >= 0.3 is 0 Å². The van der Waals surface area contributed by atoms with Crippen LogP contribution in [-0.2, 0) is 11.2 Å². The summed E-state index contributed by atoms with van der Waals surface area (Å²) < 4.78 is 10.4. The van der Waals surface area contributed by atoms with Gasteiger partial charge in [0.05, 0.1) is 12.3 Å². The lowest BCUT2D eigenvalue weighted by Gasteiger charge is -2.11. The third-order valence-electron chi connectivity index (χ3n) is 2.82. The van der Waals surface area contributed by atoms with Crippen molar-refractivity contribution in [2.24, 2.45) is 4.99 Å². The quantitative estimate of drug-likeness (QED) is 0.439. The van der Waals surface area contributed by atoms with Gasteiger partial charge in [-0.05, 0) is 27.2 Å². The van der Waals surface area contributed by atoms with Gasteiger partial charge in [0.1, 0.15) is 5.76 Å². The first-order valence-corrected chi connectivity index (χ1v) is 6.63. The van der Waals surface area contributed by atoms with E-state index in [2.05, 4.69) is 20.8 Å². The highest BCUT2D eigenvalue weighted by Crippen LogP contribution is 2.11. The molecule has 6 nitrogen and oxygen atoms in total. The molecule has 0 aliphatic carbocycles. The molecule has 6 heteroatoms. The first-order valence-electron chi connectivity index (χ1n) is 6.63. The predicted octanol–water partition coefficient (Wildman–Crippen LogP) is 1.04. The van der Waals surface area contributed by atoms with E-state index in [1.165, 1.54) is 0 Å². The van der Waals surface area contributed by atoms with Gasteiger partial charge in [0, 0.05) is 32.3 Å². The van der Waals surface area contributed by atoms with E-state index in [1.807, 2.05) is 20.8 Å². The summed E-state index contributed by atoms with van der Waals surface area (Å²) in [7, 11) is 1.76. The first-order chi connectivity index (χ1) is 9.19. The van der Waals surface area contributed by atoms with E-state index in [0.29, 0.717) is 6.61 Å². The molecule has 0 amide bonds.